The first-order chi connectivity index (χ1) is 12.8. The van der Waals surface area contributed by atoms with Crippen molar-refractivity contribution in [2.45, 2.75) is 31.7 Å². The number of guanidine groups is 1. The van der Waals surface area contributed by atoms with E-state index >= 15 is 0 Å². The van der Waals surface area contributed by atoms with Crippen molar-refractivity contribution in [3.63, 3.8) is 0 Å². The standard InChI is InChI=1S/C20H32N4O2/c1-21-20(22-14-16-9-10-24(15-16)18-7-8-18)23-17-5-3-6-19(13-17)26-12-4-11-25-2/h3,5-6,13,16,18H,4,7-12,14-15H2,1-2H3,(H2,21,22,23). The van der Waals surface area contributed by atoms with Crippen LogP contribution < -0.4 is 15.4 Å². The summed E-state index contributed by atoms with van der Waals surface area (Å²) in [6, 6.07) is 8.87. The van der Waals surface area contributed by atoms with Crippen molar-refractivity contribution in [3.8, 4) is 5.75 Å². The maximum Gasteiger partial charge on any atom is 0.195 e. The highest BCUT2D eigenvalue weighted by atomic mass is 16.5. The molecule has 1 aliphatic heterocycles. The molecular formula is C20H32N4O2. The van der Waals surface area contributed by atoms with Crippen LogP contribution in [0.3, 0.4) is 0 Å². The zero-order chi connectivity index (χ0) is 18.2. The van der Waals surface area contributed by atoms with E-state index < -0.39 is 0 Å². The minimum atomic E-state index is 0.656. The first kappa shape index (κ1) is 19.0. The fourth-order valence-electron chi connectivity index (χ4n) is 3.41. The van der Waals surface area contributed by atoms with Crippen molar-refractivity contribution in [2.24, 2.45) is 10.9 Å². The number of likely N-dealkylation sites (tertiary alicyclic amines) is 1. The molecule has 1 unspecified atom stereocenters. The topological polar surface area (TPSA) is 58.1 Å². The number of benzene rings is 1. The van der Waals surface area contributed by atoms with Gasteiger partial charge in [0.05, 0.1) is 6.61 Å². The molecule has 2 fully saturated rings. The Morgan fingerprint density at radius 2 is 2.15 bits per heavy atom. The first-order valence-electron chi connectivity index (χ1n) is 9.72. The Kier molecular flexibility index (Phi) is 7.14. The molecule has 1 aromatic carbocycles. The SMILES string of the molecule is CN=C(NCC1CCN(C2CC2)C1)Nc1cccc(OCCCOC)c1. The normalized spacial score (nSPS) is 21.0. The van der Waals surface area contributed by atoms with Gasteiger partial charge >= 0.3 is 0 Å². The van der Waals surface area contributed by atoms with Crippen molar-refractivity contribution < 1.29 is 9.47 Å². The zero-order valence-corrected chi connectivity index (χ0v) is 16.0. The van der Waals surface area contributed by atoms with Gasteiger partial charge in [-0.05, 0) is 43.9 Å². The molecule has 1 atom stereocenters. The Labute approximate surface area is 157 Å². The highest BCUT2D eigenvalue weighted by molar-refractivity contribution is 5.93. The molecule has 1 saturated carbocycles. The molecule has 6 nitrogen and oxygen atoms in total. The minimum Gasteiger partial charge on any atom is -0.493 e. The third kappa shape index (κ3) is 5.88. The summed E-state index contributed by atoms with van der Waals surface area (Å²) in [4.78, 5) is 7.00. The molecule has 0 bridgehead atoms. The van der Waals surface area contributed by atoms with E-state index in [9.17, 15) is 0 Å². The van der Waals surface area contributed by atoms with E-state index in [1.807, 2.05) is 31.3 Å². The monoisotopic (exact) mass is 360 g/mol. The van der Waals surface area contributed by atoms with Crippen molar-refractivity contribution in [1.82, 2.24) is 10.2 Å². The molecule has 144 valence electrons. The lowest BCUT2D eigenvalue weighted by atomic mass is 10.1. The van der Waals surface area contributed by atoms with Gasteiger partial charge in [-0.3, -0.25) is 4.99 Å². The van der Waals surface area contributed by atoms with Gasteiger partial charge in [-0.1, -0.05) is 6.07 Å². The largest absolute Gasteiger partial charge is 0.493 e. The van der Waals surface area contributed by atoms with Crippen LogP contribution in [0.25, 0.3) is 0 Å². The third-order valence-corrected chi connectivity index (χ3v) is 5.02. The number of aliphatic imine (C=N–C) groups is 1. The fraction of sp³-hybridized carbons (Fsp3) is 0.650. The molecule has 0 radical (unpaired) electrons. The second-order valence-corrected chi connectivity index (χ2v) is 7.18. The summed E-state index contributed by atoms with van der Waals surface area (Å²) in [6.07, 6.45) is 4.96. The second-order valence-electron chi connectivity index (χ2n) is 7.18. The Bertz CT molecular complexity index is 589. The highest BCUT2D eigenvalue weighted by Gasteiger charge is 2.34. The van der Waals surface area contributed by atoms with Gasteiger partial charge in [-0.25, -0.2) is 0 Å². The molecule has 1 saturated heterocycles. The second kappa shape index (κ2) is 9.78. The van der Waals surface area contributed by atoms with Gasteiger partial charge in [-0.2, -0.15) is 0 Å². The van der Waals surface area contributed by atoms with Gasteiger partial charge in [0.25, 0.3) is 0 Å². The van der Waals surface area contributed by atoms with Crippen LogP contribution in [-0.2, 0) is 4.74 Å². The molecule has 3 rings (SSSR count). The number of ether oxygens (including phenoxy) is 2. The molecule has 1 heterocycles. The number of anilines is 1. The quantitative estimate of drug-likeness (QED) is 0.403. The summed E-state index contributed by atoms with van der Waals surface area (Å²) < 4.78 is 10.8. The number of nitrogens with zero attached hydrogens (tertiary/aromatic N) is 2. The molecule has 0 aromatic heterocycles. The van der Waals surface area contributed by atoms with E-state index in [1.54, 1.807) is 7.11 Å². The summed E-state index contributed by atoms with van der Waals surface area (Å²) >= 11 is 0. The number of methoxy groups -OCH3 is 1. The van der Waals surface area contributed by atoms with E-state index in [2.05, 4.69) is 20.5 Å². The molecular weight excluding hydrogens is 328 g/mol. The molecule has 0 spiro atoms. The zero-order valence-electron chi connectivity index (χ0n) is 16.0. The van der Waals surface area contributed by atoms with E-state index in [-0.39, 0.29) is 0 Å². The van der Waals surface area contributed by atoms with Gasteiger partial charge in [0.2, 0.25) is 0 Å². The van der Waals surface area contributed by atoms with E-state index in [1.165, 1.54) is 32.4 Å². The van der Waals surface area contributed by atoms with Gasteiger partial charge in [0.1, 0.15) is 5.75 Å². The van der Waals surface area contributed by atoms with Crippen LogP contribution in [0.2, 0.25) is 0 Å². The van der Waals surface area contributed by atoms with Crippen molar-refractivity contribution in [1.29, 1.82) is 0 Å². The predicted octanol–water partition coefficient (Wildman–Crippen LogP) is 2.57. The summed E-state index contributed by atoms with van der Waals surface area (Å²) in [7, 11) is 3.52. The average molecular weight is 361 g/mol. The van der Waals surface area contributed by atoms with Crippen LogP contribution in [0.1, 0.15) is 25.7 Å². The molecule has 0 amide bonds. The van der Waals surface area contributed by atoms with Crippen LogP contribution in [0, 0.1) is 5.92 Å². The maximum atomic E-state index is 5.76. The molecule has 1 aliphatic carbocycles. The van der Waals surface area contributed by atoms with Gasteiger partial charge in [-0.15, -0.1) is 0 Å². The lowest BCUT2D eigenvalue weighted by molar-refractivity contribution is 0.172. The van der Waals surface area contributed by atoms with Gasteiger partial charge in [0.15, 0.2) is 5.96 Å². The fourth-order valence-corrected chi connectivity index (χ4v) is 3.41. The van der Waals surface area contributed by atoms with Crippen LogP contribution in [-0.4, -0.2) is 63.9 Å². The predicted molar refractivity (Wildman–Crippen MR) is 106 cm³/mol. The average Bonchev–Trinajstić information content (AvgIpc) is 3.41. The van der Waals surface area contributed by atoms with Crippen molar-refractivity contribution >= 4 is 11.6 Å². The molecule has 2 N–H and O–H groups in total. The van der Waals surface area contributed by atoms with Gasteiger partial charge in [0, 0.05) is 58.1 Å². The molecule has 26 heavy (non-hydrogen) atoms. The number of rotatable bonds is 9. The van der Waals surface area contributed by atoms with E-state index in [0.717, 1.165) is 36.4 Å². The Morgan fingerprint density at radius 1 is 1.27 bits per heavy atom. The van der Waals surface area contributed by atoms with Crippen LogP contribution in [0.15, 0.2) is 29.3 Å². The Morgan fingerprint density at radius 3 is 2.92 bits per heavy atom. The lowest BCUT2D eigenvalue weighted by Crippen LogP contribution is -2.35. The summed E-state index contributed by atoms with van der Waals surface area (Å²) in [5, 5.41) is 6.84. The van der Waals surface area contributed by atoms with Crippen LogP contribution in [0.4, 0.5) is 5.69 Å². The number of hydrogen-bond donors (Lipinski definition) is 2. The molecule has 1 aromatic rings. The van der Waals surface area contributed by atoms with Crippen LogP contribution in [0.5, 0.6) is 5.75 Å². The number of hydrogen-bond acceptors (Lipinski definition) is 4. The number of nitrogens with one attached hydrogen (secondary N) is 2. The molecule has 2 aliphatic rings. The Balaban J connectivity index is 1.42. The summed E-state index contributed by atoms with van der Waals surface area (Å²) in [6.45, 7) is 4.82. The molecule has 6 heteroatoms. The third-order valence-electron chi connectivity index (χ3n) is 5.02. The highest BCUT2D eigenvalue weighted by Crippen LogP contribution is 2.31. The summed E-state index contributed by atoms with van der Waals surface area (Å²) in [5.41, 5.74) is 0.980. The first-order valence-corrected chi connectivity index (χ1v) is 9.72. The van der Waals surface area contributed by atoms with E-state index in [0.29, 0.717) is 19.1 Å². The minimum absolute atomic E-state index is 0.656. The smallest absolute Gasteiger partial charge is 0.195 e. The van der Waals surface area contributed by atoms with Gasteiger partial charge < -0.3 is 25.0 Å². The summed E-state index contributed by atoms with van der Waals surface area (Å²) in [5.74, 6) is 2.38. The maximum absolute atomic E-state index is 5.76. The van der Waals surface area contributed by atoms with Crippen LogP contribution >= 0.6 is 0 Å². The Hall–Kier alpha value is -1.79. The lowest BCUT2D eigenvalue weighted by Gasteiger charge is -2.17. The van der Waals surface area contributed by atoms with Crippen molar-refractivity contribution in [2.75, 3.05) is 52.3 Å². The van der Waals surface area contributed by atoms with E-state index in [4.69, 9.17) is 9.47 Å². The van der Waals surface area contributed by atoms with Crippen molar-refractivity contribution in [3.05, 3.63) is 24.3 Å².